The second kappa shape index (κ2) is 4.66. The van der Waals surface area contributed by atoms with Crippen molar-refractivity contribution < 1.29 is 17.7 Å². The average Bonchev–Trinajstić information content (AvgIpc) is 2.19. The lowest BCUT2D eigenvalue weighted by atomic mass is 9.86. The largest absolute Gasteiger partial charge is 0.508 e. The van der Waals surface area contributed by atoms with E-state index < -0.39 is 10.1 Å². The summed E-state index contributed by atoms with van der Waals surface area (Å²) in [6.07, 6.45) is 3.22. The predicted molar refractivity (Wildman–Crippen MR) is 63.3 cm³/mol. The zero-order valence-electron chi connectivity index (χ0n) is 9.72. The highest BCUT2D eigenvalue weighted by molar-refractivity contribution is 7.86. The lowest BCUT2D eigenvalue weighted by Gasteiger charge is -2.24. The van der Waals surface area contributed by atoms with Crippen LogP contribution >= 0.6 is 0 Å². The van der Waals surface area contributed by atoms with Crippen molar-refractivity contribution in [1.82, 2.24) is 0 Å². The first-order valence-corrected chi connectivity index (χ1v) is 7.09. The first-order valence-electron chi connectivity index (χ1n) is 5.68. The molecule has 0 radical (unpaired) electrons. The molecule has 0 saturated heterocycles. The predicted octanol–water partition coefficient (Wildman–Crippen LogP) is 2.21. The number of benzene rings is 1. The van der Waals surface area contributed by atoms with E-state index in [1.165, 1.54) is 12.1 Å². The molecule has 1 aliphatic carbocycles. The van der Waals surface area contributed by atoms with Crippen molar-refractivity contribution in [3.05, 3.63) is 23.8 Å². The Balaban J connectivity index is 2.10. The van der Waals surface area contributed by atoms with Gasteiger partial charge in [-0.3, -0.25) is 4.18 Å². The molecule has 94 valence electrons. The molecule has 4 nitrogen and oxygen atoms in total. The molecule has 17 heavy (non-hydrogen) atoms. The molecule has 0 bridgehead atoms. The van der Waals surface area contributed by atoms with Crippen LogP contribution in [0.2, 0.25) is 0 Å². The fraction of sp³-hybridized carbons (Fsp3) is 0.500. The van der Waals surface area contributed by atoms with Crippen LogP contribution in [-0.2, 0) is 14.3 Å². The van der Waals surface area contributed by atoms with Crippen molar-refractivity contribution in [2.24, 2.45) is 5.92 Å². The molecule has 0 atom stereocenters. The van der Waals surface area contributed by atoms with Crippen LogP contribution in [0.5, 0.6) is 5.75 Å². The molecule has 1 aromatic carbocycles. The maximum absolute atomic E-state index is 11.8. The highest BCUT2D eigenvalue weighted by Crippen LogP contribution is 2.28. The van der Waals surface area contributed by atoms with Gasteiger partial charge in [-0.1, -0.05) is 12.5 Å². The van der Waals surface area contributed by atoms with Gasteiger partial charge in [-0.15, -0.1) is 0 Å². The molecule has 1 saturated carbocycles. The van der Waals surface area contributed by atoms with E-state index in [2.05, 4.69) is 0 Å². The minimum Gasteiger partial charge on any atom is -0.508 e. The van der Waals surface area contributed by atoms with E-state index in [1.54, 1.807) is 13.0 Å². The maximum atomic E-state index is 11.8. The van der Waals surface area contributed by atoms with E-state index in [0.717, 1.165) is 19.3 Å². The lowest BCUT2D eigenvalue weighted by Crippen LogP contribution is -2.20. The molecule has 0 heterocycles. The third-order valence-corrected chi connectivity index (χ3v) is 4.43. The molecule has 1 aromatic rings. The molecule has 0 spiro atoms. The van der Waals surface area contributed by atoms with Gasteiger partial charge in [0.1, 0.15) is 5.75 Å². The van der Waals surface area contributed by atoms with Crippen LogP contribution in [0.3, 0.4) is 0 Å². The Morgan fingerprint density at radius 2 is 2.12 bits per heavy atom. The summed E-state index contributed by atoms with van der Waals surface area (Å²) >= 11 is 0. The van der Waals surface area contributed by atoms with E-state index >= 15 is 0 Å². The Morgan fingerprint density at radius 1 is 1.41 bits per heavy atom. The van der Waals surface area contributed by atoms with Crippen molar-refractivity contribution >= 4 is 10.1 Å². The highest BCUT2D eigenvalue weighted by Gasteiger charge is 2.22. The number of rotatable bonds is 4. The number of aryl methyl sites for hydroxylation is 1. The topological polar surface area (TPSA) is 63.6 Å². The van der Waals surface area contributed by atoms with Crippen molar-refractivity contribution in [3.8, 4) is 5.75 Å². The van der Waals surface area contributed by atoms with E-state index in [1.807, 2.05) is 0 Å². The summed E-state index contributed by atoms with van der Waals surface area (Å²) < 4.78 is 28.6. The Bertz CT molecular complexity index is 503. The molecule has 1 N–H and O–H groups in total. The summed E-state index contributed by atoms with van der Waals surface area (Å²) in [7, 11) is -3.73. The number of aromatic hydroxyl groups is 1. The second-order valence-electron chi connectivity index (χ2n) is 4.48. The van der Waals surface area contributed by atoms with Gasteiger partial charge in [0, 0.05) is 6.07 Å². The van der Waals surface area contributed by atoms with E-state index in [9.17, 15) is 13.5 Å². The van der Waals surface area contributed by atoms with Gasteiger partial charge < -0.3 is 5.11 Å². The fourth-order valence-corrected chi connectivity index (χ4v) is 2.66. The van der Waals surface area contributed by atoms with Crippen LogP contribution in [0.15, 0.2) is 23.1 Å². The molecule has 0 aliphatic heterocycles. The second-order valence-corrected chi connectivity index (χ2v) is 6.10. The molecule has 2 rings (SSSR count). The van der Waals surface area contributed by atoms with Crippen molar-refractivity contribution in [1.29, 1.82) is 0 Å². The van der Waals surface area contributed by atoms with E-state index in [4.69, 9.17) is 4.18 Å². The van der Waals surface area contributed by atoms with E-state index in [0.29, 0.717) is 11.5 Å². The minimum absolute atomic E-state index is 0.0138. The first kappa shape index (κ1) is 12.4. The Hall–Kier alpha value is -1.07. The average molecular weight is 256 g/mol. The molecule has 1 fully saturated rings. The van der Waals surface area contributed by atoms with Gasteiger partial charge in [-0.05, 0) is 37.3 Å². The standard InChI is InChI=1S/C12H16O4S/c1-9-5-6-11(7-12(9)13)17(14,15)16-8-10-3-2-4-10/h5-7,10,13H,2-4,8H2,1H3. The van der Waals surface area contributed by atoms with Gasteiger partial charge >= 0.3 is 0 Å². The monoisotopic (exact) mass is 256 g/mol. The van der Waals surface area contributed by atoms with Crippen LogP contribution in [0.1, 0.15) is 24.8 Å². The van der Waals surface area contributed by atoms with Gasteiger partial charge in [0.25, 0.3) is 10.1 Å². The third kappa shape index (κ3) is 2.79. The molecular formula is C12H16O4S. The van der Waals surface area contributed by atoms with Crippen LogP contribution in [-0.4, -0.2) is 20.1 Å². The van der Waals surface area contributed by atoms with Gasteiger partial charge in [0.15, 0.2) is 0 Å². The zero-order chi connectivity index (χ0) is 12.5. The summed E-state index contributed by atoms with van der Waals surface area (Å²) in [5.74, 6) is 0.335. The van der Waals surface area contributed by atoms with Crippen LogP contribution in [0, 0.1) is 12.8 Å². The minimum atomic E-state index is -3.73. The summed E-state index contributed by atoms with van der Waals surface area (Å²) in [4.78, 5) is 0.0138. The van der Waals surface area contributed by atoms with Gasteiger partial charge in [0.05, 0.1) is 11.5 Å². The van der Waals surface area contributed by atoms with Gasteiger partial charge in [-0.2, -0.15) is 8.42 Å². The smallest absolute Gasteiger partial charge is 0.297 e. The van der Waals surface area contributed by atoms with Crippen LogP contribution in [0.25, 0.3) is 0 Å². The van der Waals surface area contributed by atoms with Gasteiger partial charge in [0.2, 0.25) is 0 Å². The molecule has 1 aliphatic rings. The number of hydrogen-bond donors (Lipinski definition) is 1. The first-order chi connectivity index (χ1) is 7.99. The Labute approximate surface area is 101 Å². The maximum Gasteiger partial charge on any atom is 0.297 e. The molecule has 0 amide bonds. The lowest BCUT2D eigenvalue weighted by molar-refractivity contribution is 0.185. The van der Waals surface area contributed by atoms with Crippen molar-refractivity contribution in [3.63, 3.8) is 0 Å². The molecule has 5 heteroatoms. The van der Waals surface area contributed by atoms with Gasteiger partial charge in [-0.25, -0.2) is 0 Å². The third-order valence-electron chi connectivity index (χ3n) is 3.15. The number of phenols is 1. The fourth-order valence-electron chi connectivity index (χ4n) is 1.66. The van der Waals surface area contributed by atoms with Crippen LogP contribution in [0.4, 0.5) is 0 Å². The van der Waals surface area contributed by atoms with Crippen molar-refractivity contribution in [2.45, 2.75) is 31.1 Å². The zero-order valence-corrected chi connectivity index (χ0v) is 10.5. The van der Waals surface area contributed by atoms with Crippen molar-refractivity contribution in [2.75, 3.05) is 6.61 Å². The molecular weight excluding hydrogens is 240 g/mol. The summed E-state index contributed by atoms with van der Waals surface area (Å²) in [5, 5.41) is 9.48. The normalized spacial score (nSPS) is 16.8. The summed E-state index contributed by atoms with van der Waals surface area (Å²) in [6, 6.07) is 4.24. The Morgan fingerprint density at radius 3 is 2.65 bits per heavy atom. The van der Waals surface area contributed by atoms with Crippen LogP contribution < -0.4 is 0 Å². The number of phenolic OH excluding ortho intramolecular Hbond substituents is 1. The quantitative estimate of drug-likeness (QED) is 0.839. The summed E-state index contributed by atoms with van der Waals surface area (Å²) in [6.45, 7) is 1.96. The summed E-state index contributed by atoms with van der Waals surface area (Å²) in [5.41, 5.74) is 0.642. The Kier molecular flexibility index (Phi) is 3.40. The molecule has 0 aromatic heterocycles. The highest BCUT2D eigenvalue weighted by atomic mass is 32.2. The number of hydrogen-bond acceptors (Lipinski definition) is 4. The molecule has 0 unspecified atom stereocenters. The SMILES string of the molecule is Cc1ccc(S(=O)(=O)OCC2CCC2)cc1O. The van der Waals surface area contributed by atoms with E-state index in [-0.39, 0.29) is 17.3 Å².